The maximum Gasteiger partial charge on any atom is 0.249 e. The number of hydrogen-bond acceptors (Lipinski definition) is 3. The van der Waals surface area contributed by atoms with Gasteiger partial charge in [0.25, 0.3) is 0 Å². The van der Waals surface area contributed by atoms with Gasteiger partial charge < -0.3 is 10.1 Å². The first-order valence-corrected chi connectivity index (χ1v) is 5.81. The summed E-state index contributed by atoms with van der Waals surface area (Å²) in [7, 11) is 3.39. The van der Waals surface area contributed by atoms with E-state index < -0.39 is 0 Å². The number of ether oxygens (including phenoxy) is 1. The standard InChI is InChI=1S/C14H15N3O2/c1-17-10-9-13(16-17)15-14(18)8-7-11-5-3-4-6-12(11)19-2/h3-10H,1-2H3,(H,15,16,18)/b8-7+. The quantitative estimate of drug-likeness (QED) is 0.853. The highest BCUT2D eigenvalue weighted by atomic mass is 16.5. The third kappa shape index (κ3) is 3.45. The van der Waals surface area contributed by atoms with E-state index in [2.05, 4.69) is 10.4 Å². The summed E-state index contributed by atoms with van der Waals surface area (Å²) in [5.74, 6) is 1.02. The molecule has 0 spiro atoms. The molecule has 0 saturated heterocycles. The van der Waals surface area contributed by atoms with Gasteiger partial charge in [-0.3, -0.25) is 9.48 Å². The van der Waals surface area contributed by atoms with Crippen molar-refractivity contribution in [2.24, 2.45) is 7.05 Å². The van der Waals surface area contributed by atoms with Gasteiger partial charge in [0.2, 0.25) is 5.91 Å². The predicted octanol–water partition coefficient (Wildman–Crippen LogP) is 2.08. The van der Waals surface area contributed by atoms with Crippen molar-refractivity contribution in [1.29, 1.82) is 0 Å². The monoisotopic (exact) mass is 257 g/mol. The van der Waals surface area contributed by atoms with Crippen LogP contribution in [0.1, 0.15) is 5.56 Å². The van der Waals surface area contributed by atoms with Crippen molar-refractivity contribution in [3.63, 3.8) is 0 Å². The number of anilines is 1. The maximum absolute atomic E-state index is 11.7. The smallest absolute Gasteiger partial charge is 0.249 e. The van der Waals surface area contributed by atoms with Crippen LogP contribution in [0.3, 0.4) is 0 Å². The number of methoxy groups -OCH3 is 1. The Balaban J connectivity index is 2.04. The van der Waals surface area contributed by atoms with Crippen molar-refractivity contribution < 1.29 is 9.53 Å². The Kier molecular flexibility index (Phi) is 3.97. The highest BCUT2D eigenvalue weighted by Crippen LogP contribution is 2.18. The molecule has 0 saturated carbocycles. The largest absolute Gasteiger partial charge is 0.496 e. The lowest BCUT2D eigenvalue weighted by Crippen LogP contribution is -2.08. The van der Waals surface area contributed by atoms with Crippen LogP contribution in [-0.2, 0) is 11.8 Å². The molecule has 0 radical (unpaired) electrons. The molecule has 0 fully saturated rings. The van der Waals surface area contributed by atoms with E-state index in [9.17, 15) is 4.79 Å². The molecule has 0 aliphatic heterocycles. The number of aromatic nitrogens is 2. The second-order valence-corrected chi connectivity index (χ2v) is 3.94. The van der Waals surface area contributed by atoms with Gasteiger partial charge in [-0.15, -0.1) is 0 Å². The minimum atomic E-state index is -0.232. The highest BCUT2D eigenvalue weighted by Gasteiger charge is 2.01. The van der Waals surface area contributed by atoms with E-state index in [1.54, 1.807) is 37.2 Å². The fraction of sp³-hybridized carbons (Fsp3) is 0.143. The van der Waals surface area contributed by atoms with Crippen molar-refractivity contribution in [3.05, 3.63) is 48.2 Å². The Hall–Kier alpha value is -2.56. The number of benzene rings is 1. The van der Waals surface area contributed by atoms with Gasteiger partial charge in [0.1, 0.15) is 5.75 Å². The first kappa shape index (κ1) is 12.9. The Morgan fingerprint density at radius 1 is 1.37 bits per heavy atom. The molecule has 0 aliphatic carbocycles. The fourth-order valence-corrected chi connectivity index (χ4v) is 1.62. The average molecular weight is 257 g/mol. The molecule has 0 atom stereocenters. The number of nitrogens with one attached hydrogen (secondary N) is 1. The van der Waals surface area contributed by atoms with Crippen molar-refractivity contribution in [2.75, 3.05) is 12.4 Å². The molecule has 0 bridgehead atoms. The summed E-state index contributed by atoms with van der Waals surface area (Å²) in [5.41, 5.74) is 0.848. The molecule has 2 rings (SSSR count). The van der Waals surface area contributed by atoms with Gasteiger partial charge in [0.05, 0.1) is 7.11 Å². The summed E-state index contributed by atoms with van der Waals surface area (Å²) in [6, 6.07) is 9.22. The van der Waals surface area contributed by atoms with E-state index in [0.717, 1.165) is 11.3 Å². The Morgan fingerprint density at radius 3 is 2.84 bits per heavy atom. The first-order valence-electron chi connectivity index (χ1n) is 5.81. The Labute approximate surface area is 111 Å². The van der Waals surface area contributed by atoms with Gasteiger partial charge in [-0.1, -0.05) is 18.2 Å². The van der Waals surface area contributed by atoms with Crippen molar-refractivity contribution in [1.82, 2.24) is 9.78 Å². The molecule has 0 unspecified atom stereocenters. The number of carbonyl (C=O) groups excluding carboxylic acids is 1. The molecule has 98 valence electrons. The zero-order chi connectivity index (χ0) is 13.7. The van der Waals surface area contributed by atoms with Crippen LogP contribution in [0.4, 0.5) is 5.82 Å². The summed E-state index contributed by atoms with van der Waals surface area (Å²) in [4.78, 5) is 11.7. The molecule has 1 heterocycles. The summed E-state index contributed by atoms with van der Waals surface area (Å²) in [6.07, 6.45) is 4.92. The molecular weight excluding hydrogens is 242 g/mol. The summed E-state index contributed by atoms with van der Waals surface area (Å²) in [6.45, 7) is 0. The van der Waals surface area contributed by atoms with Crippen LogP contribution in [0.2, 0.25) is 0 Å². The zero-order valence-corrected chi connectivity index (χ0v) is 10.8. The molecule has 1 aromatic carbocycles. The second kappa shape index (κ2) is 5.86. The molecule has 1 aromatic heterocycles. The van der Waals surface area contributed by atoms with Crippen LogP contribution in [0.5, 0.6) is 5.75 Å². The third-order valence-corrected chi connectivity index (χ3v) is 2.52. The summed E-state index contributed by atoms with van der Waals surface area (Å²) < 4.78 is 6.83. The van der Waals surface area contributed by atoms with Crippen molar-refractivity contribution >= 4 is 17.8 Å². The minimum absolute atomic E-state index is 0.232. The number of amides is 1. The molecule has 1 N–H and O–H groups in total. The fourth-order valence-electron chi connectivity index (χ4n) is 1.62. The van der Waals surface area contributed by atoms with E-state index in [1.807, 2.05) is 24.3 Å². The van der Waals surface area contributed by atoms with E-state index >= 15 is 0 Å². The van der Waals surface area contributed by atoms with Crippen LogP contribution >= 0.6 is 0 Å². The van der Waals surface area contributed by atoms with Crippen LogP contribution in [0.25, 0.3) is 6.08 Å². The zero-order valence-electron chi connectivity index (χ0n) is 10.8. The molecular formula is C14H15N3O2. The van der Waals surface area contributed by atoms with Gasteiger partial charge >= 0.3 is 0 Å². The predicted molar refractivity (Wildman–Crippen MR) is 73.9 cm³/mol. The molecule has 0 aliphatic rings. The number of rotatable bonds is 4. The first-order chi connectivity index (χ1) is 9.19. The van der Waals surface area contributed by atoms with Gasteiger partial charge in [-0.2, -0.15) is 5.10 Å². The van der Waals surface area contributed by atoms with E-state index in [0.29, 0.717) is 5.82 Å². The van der Waals surface area contributed by atoms with Gasteiger partial charge in [-0.05, 0) is 12.1 Å². The lowest BCUT2D eigenvalue weighted by molar-refractivity contribution is -0.111. The average Bonchev–Trinajstić information content (AvgIpc) is 2.82. The number of para-hydroxylation sites is 1. The van der Waals surface area contributed by atoms with Crippen molar-refractivity contribution in [3.8, 4) is 5.75 Å². The topological polar surface area (TPSA) is 56.1 Å². The summed E-state index contributed by atoms with van der Waals surface area (Å²) in [5, 5.41) is 6.74. The molecule has 19 heavy (non-hydrogen) atoms. The van der Waals surface area contributed by atoms with E-state index in [4.69, 9.17) is 4.74 Å². The normalized spacial score (nSPS) is 10.6. The number of hydrogen-bond donors (Lipinski definition) is 1. The Bertz CT molecular complexity index is 602. The van der Waals surface area contributed by atoms with Crippen molar-refractivity contribution in [2.45, 2.75) is 0 Å². The van der Waals surface area contributed by atoms with Crippen LogP contribution in [-0.4, -0.2) is 22.8 Å². The molecule has 1 amide bonds. The maximum atomic E-state index is 11.7. The molecule has 5 nitrogen and oxygen atoms in total. The highest BCUT2D eigenvalue weighted by molar-refractivity contribution is 6.01. The lowest BCUT2D eigenvalue weighted by Gasteiger charge is -2.03. The van der Waals surface area contributed by atoms with E-state index in [1.165, 1.54) is 6.08 Å². The number of aryl methyl sites for hydroxylation is 1. The Morgan fingerprint density at radius 2 is 2.16 bits per heavy atom. The van der Waals surface area contributed by atoms with Crippen LogP contribution in [0.15, 0.2) is 42.6 Å². The minimum Gasteiger partial charge on any atom is -0.496 e. The van der Waals surface area contributed by atoms with Crippen LogP contribution < -0.4 is 10.1 Å². The van der Waals surface area contributed by atoms with Gasteiger partial charge in [0.15, 0.2) is 5.82 Å². The van der Waals surface area contributed by atoms with E-state index in [-0.39, 0.29) is 5.91 Å². The van der Waals surface area contributed by atoms with Crippen LogP contribution in [0, 0.1) is 0 Å². The second-order valence-electron chi connectivity index (χ2n) is 3.94. The number of nitrogens with zero attached hydrogens (tertiary/aromatic N) is 2. The third-order valence-electron chi connectivity index (χ3n) is 2.52. The van der Waals surface area contributed by atoms with Gasteiger partial charge in [0, 0.05) is 31.0 Å². The SMILES string of the molecule is COc1ccccc1/C=C/C(=O)Nc1ccn(C)n1. The molecule has 5 heteroatoms. The lowest BCUT2D eigenvalue weighted by atomic mass is 10.2. The molecule has 2 aromatic rings. The van der Waals surface area contributed by atoms with Gasteiger partial charge in [-0.25, -0.2) is 0 Å². The number of carbonyl (C=O) groups is 1. The summed E-state index contributed by atoms with van der Waals surface area (Å²) >= 11 is 0.